The SMILES string of the molecule is COc1ccc(CO[C@@H]2[C@@H](OCc3ccccc3)[C@@H](OCc3ccccc3)[C@@H](COCc3ccccc3)O[C@]2(O)c2ccccc2)cc1. The molecular formula is C41H42O7. The number of hydrogen-bond donors (Lipinski definition) is 1. The van der Waals surface area contributed by atoms with Crippen LogP contribution < -0.4 is 4.74 Å². The molecule has 5 aromatic rings. The topological polar surface area (TPSA) is 75.6 Å². The quantitative estimate of drug-likeness (QED) is 0.129. The first-order valence-corrected chi connectivity index (χ1v) is 16.3. The van der Waals surface area contributed by atoms with Crippen molar-refractivity contribution in [2.24, 2.45) is 0 Å². The Morgan fingerprint density at radius 3 is 1.54 bits per heavy atom. The zero-order valence-corrected chi connectivity index (χ0v) is 27.1. The van der Waals surface area contributed by atoms with Gasteiger partial charge < -0.3 is 33.5 Å². The summed E-state index contributed by atoms with van der Waals surface area (Å²) in [4.78, 5) is 0. The van der Waals surface area contributed by atoms with E-state index in [4.69, 9.17) is 28.4 Å². The molecule has 1 heterocycles. The second kappa shape index (κ2) is 16.7. The standard InChI is InChI=1S/C41H42O7/c1-43-36-24-22-34(23-25-36)29-47-40-39(46-28-33-18-10-4-11-19-33)38(45-27-32-16-8-3-9-17-32)37(30-44-26-31-14-6-2-7-15-31)48-41(40,42)35-20-12-5-13-21-35/h2-25,37-40,42H,26-30H2,1H3/t37-,38+,39+,40-,41-/m1/s1. The Labute approximate surface area is 282 Å². The maximum absolute atomic E-state index is 12.7. The highest BCUT2D eigenvalue weighted by atomic mass is 16.7. The molecule has 1 aliphatic rings. The van der Waals surface area contributed by atoms with Gasteiger partial charge in [0.25, 0.3) is 0 Å². The minimum atomic E-state index is -1.89. The molecule has 0 aliphatic carbocycles. The summed E-state index contributed by atoms with van der Waals surface area (Å²) in [6.45, 7) is 1.31. The smallest absolute Gasteiger partial charge is 0.222 e. The van der Waals surface area contributed by atoms with Crippen LogP contribution in [0.15, 0.2) is 146 Å². The zero-order chi connectivity index (χ0) is 33.0. The Hall–Kier alpha value is -4.34. The van der Waals surface area contributed by atoms with Crippen molar-refractivity contribution in [2.45, 2.75) is 56.6 Å². The Balaban J connectivity index is 1.36. The Bertz CT molecular complexity index is 1640. The van der Waals surface area contributed by atoms with Crippen LogP contribution in [0.2, 0.25) is 0 Å². The van der Waals surface area contributed by atoms with Gasteiger partial charge in [-0.3, -0.25) is 0 Å². The van der Waals surface area contributed by atoms with Gasteiger partial charge in [-0.2, -0.15) is 0 Å². The average Bonchev–Trinajstić information content (AvgIpc) is 3.15. The average molecular weight is 647 g/mol. The molecule has 0 bridgehead atoms. The molecule has 1 fully saturated rings. The summed E-state index contributed by atoms with van der Waals surface area (Å²) in [7, 11) is 1.63. The van der Waals surface area contributed by atoms with Crippen LogP contribution in [0, 0.1) is 0 Å². The summed E-state index contributed by atoms with van der Waals surface area (Å²) >= 11 is 0. The largest absolute Gasteiger partial charge is 0.497 e. The van der Waals surface area contributed by atoms with E-state index in [1.54, 1.807) is 7.11 Å². The van der Waals surface area contributed by atoms with Gasteiger partial charge >= 0.3 is 0 Å². The maximum Gasteiger partial charge on any atom is 0.222 e. The van der Waals surface area contributed by atoms with E-state index in [2.05, 4.69) is 0 Å². The monoisotopic (exact) mass is 646 g/mol. The zero-order valence-electron chi connectivity index (χ0n) is 27.1. The lowest BCUT2D eigenvalue weighted by Crippen LogP contribution is -2.65. The van der Waals surface area contributed by atoms with Crippen LogP contribution in [-0.2, 0) is 55.9 Å². The van der Waals surface area contributed by atoms with Gasteiger partial charge in [0.2, 0.25) is 5.79 Å². The minimum Gasteiger partial charge on any atom is -0.497 e. The molecule has 1 N–H and O–H groups in total. The predicted molar refractivity (Wildman–Crippen MR) is 183 cm³/mol. The van der Waals surface area contributed by atoms with Crippen LogP contribution in [0.3, 0.4) is 0 Å². The van der Waals surface area contributed by atoms with Crippen molar-refractivity contribution >= 4 is 0 Å². The van der Waals surface area contributed by atoms with E-state index in [0.717, 1.165) is 28.0 Å². The third-order valence-electron chi connectivity index (χ3n) is 8.45. The van der Waals surface area contributed by atoms with Crippen LogP contribution in [0.1, 0.15) is 27.8 Å². The van der Waals surface area contributed by atoms with Crippen LogP contribution in [-0.4, -0.2) is 43.2 Å². The lowest BCUT2D eigenvalue weighted by atomic mass is 9.87. The molecule has 0 spiro atoms. The summed E-state index contributed by atoms with van der Waals surface area (Å²) in [5, 5.41) is 12.7. The molecular weight excluding hydrogens is 604 g/mol. The third-order valence-corrected chi connectivity index (χ3v) is 8.45. The Morgan fingerprint density at radius 2 is 1.00 bits per heavy atom. The highest BCUT2D eigenvalue weighted by Gasteiger charge is 2.57. The van der Waals surface area contributed by atoms with Crippen molar-refractivity contribution in [3.63, 3.8) is 0 Å². The van der Waals surface area contributed by atoms with Gasteiger partial charge in [-0.15, -0.1) is 0 Å². The van der Waals surface area contributed by atoms with Gasteiger partial charge in [-0.25, -0.2) is 0 Å². The third kappa shape index (κ3) is 8.57. The first-order valence-electron chi connectivity index (χ1n) is 16.3. The van der Waals surface area contributed by atoms with Crippen molar-refractivity contribution in [1.82, 2.24) is 0 Å². The maximum atomic E-state index is 12.7. The molecule has 7 heteroatoms. The van der Waals surface area contributed by atoms with E-state index in [9.17, 15) is 5.11 Å². The molecule has 1 aliphatic heterocycles. The van der Waals surface area contributed by atoms with Gasteiger partial charge in [0.15, 0.2) is 0 Å². The normalized spacial score (nSPS) is 22.3. The van der Waals surface area contributed by atoms with Gasteiger partial charge in [0.05, 0.1) is 40.1 Å². The van der Waals surface area contributed by atoms with Crippen molar-refractivity contribution in [3.05, 3.63) is 173 Å². The molecule has 0 saturated carbocycles. The number of rotatable bonds is 15. The highest BCUT2D eigenvalue weighted by molar-refractivity contribution is 5.28. The molecule has 0 aromatic heterocycles. The molecule has 248 valence electrons. The summed E-state index contributed by atoms with van der Waals surface area (Å²) in [5.74, 6) is -1.14. The summed E-state index contributed by atoms with van der Waals surface area (Å²) in [6, 6.07) is 46.8. The van der Waals surface area contributed by atoms with Crippen LogP contribution in [0.25, 0.3) is 0 Å². The molecule has 5 atom stereocenters. The second-order valence-electron chi connectivity index (χ2n) is 11.8. The molecule has 7 nitrogen and oxygen atoms in total. The Morgan fingerprint density at radius 1 is 0.542 bits per heavy atom. The van der Waals surface area contributed by atoms with Gasteiger partial charge in [-0.1, -0.05) is 133 Å². The van der Waals surface area contributed by atoms with Crippen LogP contribution in [0.5, 0.6) is 5.75 Å². The first kappa shape index (κ1) is 33.6. The van der Waals surface area contributed by atoms with E-state index < -0.39 is 30.2 Å². The van der Waals surface area contributed by atoms with Crippen molar-refractivity contribution in [1.29, 1.82) is 0 Å². The molecule has 5 aromatic carbocycles. The van der Waals surface area contributed by atoms with Crippen LogP contribution >= 0.6 is 0 Å². The fraction of sp³-hybridized carbons (Fsp3) is 0.268. The van der Waals surface area contributed by atoms with Gasteiger partial charge in [0, 0.05) is 5.56 Å². The van der Waals surface area contributed by atoms with E-state index in [1.807, 2.05) is 146 Å². The second-order valence-corrected chi connectivity index (χ2v) is 11.8. The number of ether oxygens (including phenoxy) is 6. The van der Waals surface area contributed by atoms with Crippen molar-refractivity contribution < 1.29 is 33.5 Å². The van der Waals surface area contributed by atoms with E-state index in [1.165, 1.54) is 0 Å². The number of hydrogen-bond acceptors (Lipinski definition) is 7. The van der Waals surface area contributed by atoms with Crippen LogP contribution in [0.4, 0.5) is 0 Å². The number of aliphatic hydroxyl groups is 1. The molecule has 0 amide bonds. The molecule has 0 radical (unpaired) electrons. The van der Waals surface area contributed by atoms with E-state index in [-0.39, 0.29) is 19.8 Å². The highest BCUT2D eigenvalue weighted by Crippen LogP contribution is 2.41. The lowest BCUT2D eigenvalue weighted by molar-refractivity contribution is -0.378. The van der Waals surface area contributed by atoms with Gasteiger partial charge in [0.1, 0.15) is 30.2 Å². The van der Waals surface area contributed by atoms with Gasteiger partial charge in [-0.05, 0) is 34.4 Å². The first-order chi connectivity index (χ1) is 23.6. The Kier molecular flexibility index (Phi) is 11.6. The molecule has 0 unspecified atom stereocenters. The summed E-state index contributed by atoms with van der Waals surface area (Å²) < 4.78 is 38.4. The summed E-state index contributed by atoms with van der Waals surface area (Å²) in [5.41, 5.74) is 4.48. The molecule has 48 heavy (non-hydrogen) atoms. The lowest BCUT2D eigenvalue weighted by Gasteiger charge is -2.50. The molecule has 6 rings (SSSR count). The van der Waals surface area contributed by atoms with E-state index >= 15 is 0 Å². The fourth-order valence-electron chi connectivity index (χ4n) is 5.91. The number of methoxy groups -OCH3 is 1. The number of benzene rings is 5. The minimum absolute atomic E-state index is 0.153. The van der Waals surface area contributed by atoms with Crippen molar-refractivity contribution in [3.8, 4) is 5.75 Å². The fourth-order valence-corrected chi connectivity index (χ4v) is 5.91. The van der Waals surface area contributed by atoms with Crippen molar-refractivity contribution in [2.75, 3.05) is 13.7 Å². The van der Waals surface area contributed by atoms with E-state index in [0.29, 0.717) is 18.8 Å². The summed E-state index contributed by atoms with van der Waals surface area (Å²) in [6.07, 6.45) is -3.09. The predicted octanol–water partition coefficient (Wildman–Crippen LogP) is 7.21. The molecule has 1 saturated heterocycles.